The third-order valence-electron chi connectivity index (χ3n) is 3.45. The zero-order chi connectivity index (χ0) is 17.5. The second-order valence-corrected chi connectivity index (χ2v) is 5.74. The maximum atomic E-state index is 12.0. The van der Waals surface area contributed by atoms with E-state index in [1.165, 1.54) is 0 Å². The van der Waals surface area contributed by atoms with Gasteiger partial charge in [-0.25, -0.2) is 0 Å². The molecule has 24 heavy (non-hydrogen) atoms. The standard InChI is InChI=1S/C19H23NO4/c1-13-4-7-16(8-5-13)20-19(22)12-24-17-9-6-15(10-14(2)21)11-18(17)23-3/h4-9,11,14,21H,10,12H2,1-3H3,(H,20,22). The van der Waals surface area contributed by atoms with E-state index in [1.807, 2.05) is 37.3 Å². The molecule has 0 saturated carbocycles. The predicted octanol–water partition coefficient (Wildman–Crippen LogP) is 2.94. The SMILES string of the molecule is COc1cc(CC(C)O)ccc1OCC(=O)Nc1ccc(C)cc1. The molecule has 0 saturated heterocycles. The molecule has 0 heterocycles. The molecule has 1 unspecified atom stereocenters. The van der Waals surface area contributed by atoms with Crippen LogP contribution in [-0.4, -0.2) is 30.8 Å². The fourth-order valence-electron chi connectivity index (χ4n) is 2.28. The van der Waals surface area contributed by atoms with Crippen LogP contribution in [-0.2, 0) is 11.2 Å². The zero-order valence-electron chi connectivity index (χ0n) is 14.2. The van der Waals surface area contributed by atoms with E-state index in [2.05, 4.69) is 5.32 Å². The number of carbonyl (C=O) groups excluding carboxylic acids is 1. The number of carbonyl (C=O) groups is 1. The molecule has 0 fully saturated rings. The highest BCUT2D eigenvalue weighted by Crippen LogP contribution is 2.28. The van der Waals surface area contributed by atoms with E-state index in [1.54, 1.807) is 26.2 Å². The molecule has 128 valence electrons. The van der Waals surface area contributed by atoms with Gasteiger partial charge in [-0.3, -0.25) is 4.79 Å². The van der Waals surface area contributed by atoms with Gasteiger partial charge in [0.15, 0.2) is 18.1 Å². The van der Waals surface area contributed by atoms with Gasteiger partial charge in [0.1, 0.15) is 0 Å². The summed E-state index contributed by atoms with van der Waals surface area (Å²) in [6.07, 6.45) is 0.103. The number of rotatable bonds is 7. The molecule has 0 aliphatic rings. The summed E-state index contributed by atoms with van der Waals surface area (Å²) in [5.74, 6) is 0.788. The molecular weight excluding hydrogens is 306 g/mol. The van der Waals surface area contributed by atoms with Crippen LogP contribution in [0.3, 0.4) is 0 Å². The lowest BCUT2D eigenvalue weighted by Gasteiger charge is -2.13. The normalized spacial score (nSPS) is 11.7. The molecular formula is C19H23NO4. The highest BCUT2D eigenvalue weighted by atomic mass is 16.5. The Morgan fingerprint density at radius 1 is 1.17 bits per heavy atom. The first-order chi connectivity index (χ1) is 11.5. The van der Waals surface area contributed by atoms with Crippen molar-refractivity contribution in [3.8, 4) is 11.5 Å². The van der Waals surface area contributed by atoms with Crippen molar-refractivity contribution in [2.75, 3.05) is 19.0 Å². The Bertz CT molecular complexity index is 680. The number of nitrogens with one attached hydrogen (secondary N) is 1. The summed E-state index contributed by atoms with van der Waals surface area (Å²) in [7, 11) is 1.54. The number of aliphatic hydroxyl groups is 1. The molecule has 5 heteroatoms. The Kier molecular flexibility index (Phi) is 6.21. The minimum Gasteiger partial charge on any atom is -0.493 e. The summed E-state index contributed by atoms with van der Waals surface area (Å²) in [5, 5.41) is 12.2. The number of methoxy groups -OCH3 is 1. The van der Waals surface area contributed by atoms with E-state index in [0.717, 1.165) is 16.8 Å². The van der Waals surface area contributed by atoms with E-state index in [0.29, 0.717) is 17.9 Å². The number of aliphatic hydroxyl groups excluding tert-OH is 1. The maximum Gasteiger partial charge on any atom is 0.262 e. The predicted molar refractivity (Wildman–Crippen MR) is 93.7 cm³/mol. The second-order valence-electron chi connectivity index (χ2n) is 5.74. The number of anilines is 1. The van der Waals surface area contributed by atoms with Crippen molar-refractivity contribution < 1.29 is 19.4 Å². The third kappa shape index (κ3) is 5.28. The minimum absolute atomic E-state index is 0.111. The van der Waals surface area contributed by atoms with Crippen LogP contribution in [0.1, 0.15) is 18.1 Å². The summed E-state index contributed by atoms with van der Waals surface area (Å²) in [5.41, 5.74) is 2.80. The van der Waals surface area contributed by atoms with Crippen LogP contribution in [0, 0.1) is 6.92 Å². The van der Waals surface area contributed by atoms with Crippen LogP contribution in [0.4, 0.5) is 5.69 Å². The van der Waals surface area contributed by atoms with Gasteiger partial charge < -0.3 is 19.9 Å². The van der Waals surface area contributed by atoms with E-state index in [4.69, 9.17) is 9.47 Å². The van der Waals surface area contributed by atoms with Gasteiger partial charge in [-0.05, 0) is 50.1 Å². The largest absolute Gasteiger partial charge is 0.493 e. The van der Waals surface area contributed by atoms with Crippen molar-refractivity contribution in [1.82, 2.24) is 0 Å². The van der Waals surface area contributed by atoms with Crippen molar-refractivity contribution in [3.05, 3.63) is 53.6 Å². The fraction of sp³-hybridized carbons (Fsp3) is 0.316. The molecule has 0 spiro atoms. The fourth-order valence-corrected chi connectivity index (χ4v) is 2.28. The summed E-state index contributed by atoms with van der Waals surface area (Å²) in [4.78, 5) is 12.0. The van der Waals surface area contributed by atoms with Crippen molar-refractivity contribution in [3.63, 3.8) is 0 Å². The van der Waals surface area contributed by atoms with Crippen molar-refractivity contribution in [2.45, 2.75) is 26.4 Å². The number of aryl methyl sites for hydroxylation is 1. The molecule has 0 aliphatic carbocycles. The second kappa shape index (κ2) is 8.36. The van der Waals surface area contributed by atoms with E-state index < -0.39 is 6.10 Å². The Labute approximate surface area is 142 Å². The summed E-state index contributed by atoms with van der Waals surface area (Å²) in [6.45, 7) is 3.61. The van der Waals surface area contributed by atoms with Gasteiger partial charge in [-0.1, -0.05) is 23.8 Å². The highest BCUT2D eigenvalue weighted by molar-refractivity contribution is 5.91. The Morgan fingerprint density at radius 2 is 1.88 bits per heavy atom. The lowest BCUT2D eigenvalue weighted by atomic mass is 10.1. The molecule has 1 atom stereocenters. The van der Waals surface area contributed by atoms with Gasteiger partial charge in [0.2, 0.25) is 0 Å². The molecule has 0 aromatic heterocycles. The average molecular weight is 329 g/mol. The van der Waals surface area contributed by atoms with Crippen LogP contribution in [0.5, 0.6) is 11.5 Å². The van der Waals surface area contributed by atoms with Gasteiger partial charge >= 0.3 is 0 Å². The zero-order valence-corrected chi connectivity index (χ0v) is 14.2. The minimum atomic E-state index is -0.429. The summed E-state index contributed by atoms with van der Waals surface area (Å²) < 4.78 is 10.8. The molecule has 5 nitrogen and oxygen atoms in total. The average Bonchev–Trinajstić information content (AvgIpc) is 2.55. The molecule has 0 radical (unpaired) electrons. The molecule has 1 amide bonds. The number of hydrogen-bond acceptors (Lipinski definition) is 4. The van der Waals surface area contributed by atoms with Gasteiger partial charge in [0, 0.05) is 5.69 Å². The van der Waals surface area contributed by atoms with Crippen LogP contribution < -0.4 is 14.8 Å². The Balaban J connectivity index is 1.95. The summed E-state index contributed by atoms with van der Waals surface area (Å²) >= 11 is 0. The smallest absolute Gasteiger partial charge is 0.262 e. The first kappa shape index (κ1) is 17.8. The van der Waals surface area contributed by atoms with Crippen LogP contribution in [0.15, 0.2) is 42.5 Å². The van der Waals surface area contributed by atoms with Crippen LogP contribution in [0.25, 0.3) is 0 Å². The quantitative estimate of drug-likeness (QED) is 0.819. The van der Waals surface area contributed by atoms with E-state index in [9.17, 15) is 9.90 Å². The van der Waals surface area contributed by atoms with Gasteiger partial charge in [0.05, 0.1) is 13.2 Å². The van der Waals surface area contributed by atoms with Gasteiger partial charge in [-0.15, -0.1) is 0 Å². The van der Waals surface area contributed by atoms with Crippen molar-refractivity contribution >= 4 is 11.6 Å². The molecule has 2 N–H and O–H groups in total. The van der Waals surface area contributed by atoms with Gasteiger partial charge in [0.25, 0.3) is 5.91 Å². The first-order valence-corrected chi connectivity index (χ1v) is 7.82. The first-order valence-electron chi connectivity index (χ1n) is 7.82. The molecule has 2 rings (SSSR count). The topological polar surface area (TPSA) is 67.8 Å². The third-order valence-corrected chi connectivity index (χ3v) is 3.45. The van der Waals surface area contributed by atoms with Crippen LogP contribution in [0.2, 0.25) is 0 Å². The molecule has 2 aromatic rings. The van der Waals surface area contributed by atoms with Crippen molar-refractivity contribution in [2.24, 2.45) is 0 Å². The van der Waals surface area contributed by atoms with Crippen molar-refractivity contribution in [1.29, 1.82) is 0 Å². The molecule has 2 aromatic carbocycles. The number of amides is 1. The number of ether oxygens (including phenoxy) is 2. The molecule has 0 aliphatic heterocycles. The molecule has 0 bridgehead atoms. The van der Waals surface area contributed by atoms with Crippen LogP contribution >= 0.6 is 0 Å². The number of hydrogen-bond donors (Lipinski definition) is 2. The van der Waals surface area contributed by atoms with E-state index in [-0.39, 0.29) is 12.5 Å². The lowest BCUT2D eigenvalue weighted by Crippen LogP contribution is -2.20. The maximum absolute atomic E-state index is 12.0. The van der Waals surface area contributed by atoms with E-state index >= 15 is 0 Å². The van der Waals surface area contributed by atoms with Gasteiger partial charge in [-0.2, -0.15) is 0 Å². The number of benzene rings is 2. The lowest BCUT2D eigenvalue weighted by molar-refractivity contribution is -0.118. The summed E-state index contributed by atoms with van der Waals surface area (Å²) in [6, 6.07) is 13.0. The highest BCUT2D eigenvalue weighted by Gasteiger charge is 2.10. The Hall–Kier alpha value is -2.53. The Morgan fingerprint density at radius 3 is 2.50 bits per heavy atom. The monoisotopic (exact) mass is 329 g/mol.